The molecule has 110 valence electrons. The summed E-state index contributed by atoms with van der Waals surface area (Å²) in [6.07, 6.45) is 4.28. The third-order valence-corrected chi connectivity index (χ3v) is 4.69. The highest BCUT2D eigenvalue weighted by atomic mass is 32.2. The Balaban J connectivity index is 1.85. The van der Waals surface area contributed by atoms with E-state index in [0.29, 0.717) is 18.5 Å². The number of carboxylic acids is 1. The Morgan fingerprint density at radius 1 is 1.33 bits per heavy atom. The van der Waals surface area contributed by atoms with Crippen molar-refractivity contribution >= 4 is 29.3 Å². The molecule has 7 heteroatoms. The Morgan fingerprint density at radius 2 is 2.10 bits per heavy atom. The quantitative estimate of drug-likeness (QED) is 0.896. The van der Waals surface area contributed by atoms with Crippen LogP contribution in [0.3, 0.4) is 0 Å². The number of amides is 1. The van der Waals surface area contributed by atoms with Crippen LogP contribution < -0.4 is 5.32 Å². The lowest BCUT2D eigenvalue weighted by Gasteiger charge is -2.33. The van der Waals surface area contributed by atoms with E-state index >= 15 is 0 Å². The average molecular weight is 305 g/mol. The molecule has 1 saturated heterocycles. The highest BCUT2D eigenvalue weighted by Gasteiger charge is 2.41. The first kappa shape index (κ1) is 13.9. The maximum Gasteiger partial charge on any atom is 0.329 e. The third kappa shape index (κ3) is 2.61. The summed E-state index contributed by atoms with van der Waals surface area (Å²) in [4.78, 5) is 28.1. The minimum absolute atomic E-state index is 0.236. The van der Waals surface area contributed by atoms with Crippen LogP contribution in [0.2, 0.25) is 0 Å². The van der Waals surface area contributed by atoms with Gasteiger partial charge in [0.1, 0.15) is 16.9 Å². The van der Waals surface area contributed by atoms with Crippen LogP contribution in [0.5, 0.6) is 0 Å². The molecular weight excluding hydrogens is 290 g/mol. The largest absolute Gasteiger partial charge is 0.480 e. The number of pyridine rings is 1. The van der Waals surface area contributed by atoms with E-state index < -0.39 is 17.4 Å². The molecule has 2 aromatic rings. The van der Waals surface area contributed by atoms with E-state index in [4.69, 9.17) is 0 Å². The minimum Gasteiger partial charge on any atom is -0.480 e. The number of hydrogen-bond acceptors (Lipinski definition) is 4. The fourth-order valence-corrected chi connectivity index (χ4v) is 3.63. The summed E-state index contributed by atoms with van der Waals surface area (Å²) < 4.78 is 1.74. The average Bonchev–Trinajstić information content (AvgIpc) is 2.92. The molecule has 6 nitrogen and oxygen atoms in total. The predicted molar refractivity (Wildman–Crippen MR) is 79.6 cm³/mol. The number of nitrogens with zero attached hydrogens (tertiary/aromatic N) is 2. The summed E-state index contributed by atoms with van der Waals surface area (Å²) in [5.41, 5.74) is -0.274. The zero-order valence-corrected chi connectivity index (χ0v) is 12.1. The van der Waals surface area contributed by atoms with Gasteiger partial charge in [0.15, 0.2) is 0 Å². The molecule has 0 bridgehead atoms. The second kappa shape index (κ2) is 5.40. The monoisotopic (exact) mass is 305 g/mol. The molecular formula is C14H15N3O3S. The zero-order chi connectivity index (χ0) is 14.9. The molecule has 1 amide bonds. The fourth-order valence-electron chi connectivity index (χ4n) is 2.44. The molecule has 0 unspecified atom stereocenters. The summed E-state index contributed by atoms with van der Waals surface area (Å²) >= 11 is 1.71. The number of rotatable bonds is 3. The van der Waals surface area contributed by atoms with Gasteiger partial charge in [-0.3, -0.25) is 4.79 Å². The van der Waals surface area contributed by atoms with Gasteiger partial charge in [-0.15, -0.1) is 0 Å². The molecule has 2 N–H and O–H groups in total. The molecule has 0 radical (unpaired) electrons. The number of imidazole rings is 1. The number of aliphatic carboxylic acids is 1. The molecule has 0 saturated carbocycles. The van der Waals surface area contributed by atoms with Crippen molar-refractivity contribution in [2.45, 2.75) is 18.4 Å². The number of nitrogens with one attached hydrogen (secondary N) is 1. The van der Waals surface area contributed by atoms with E-state index in [2.05, 4.69) is 10.3 Å². The van der Waals surface area contributed by atoms with Crippen LogP contribution in [-0.4, -0.2) is 43.4 Å². The normalized spacial score (nSPS) is 17.5. The summed E-state index contributed by atoms with van der Waals surface area (Å²) in [7, 11) is 0. The molecule has 0 aromatic carbocycles. The standard InChI is InChI=1S/C14H15N3O3S/c18-12(10-9-17-6-2-1-3-11(17)15-10)16-14(13(19)20)4-7-21-8-5-14/h1-3,6,9H,4-5,7-8H2,(H,16,18)(H,19,20). The van der Waals surface area contributed by atoms with Gasteiger partial charge in [-0.1, -0.05) is 6.07 Å². The topological polar surface area (TPSA) is 83.7 Å². The first-order valence-electron chi connectivity index (χ1n) is 6.68. The lowest BCUT2D eigenvalue weighted by molar-refractivity contribution is -0.144. The van der Waals surface area contributed by atoms with Crippen molar-refractivity contribution in [2.75, 3.05) is 11.5 Å². The van der Waals surface area contributed by atoms with Gasteiger partial charge in [-0.2, -0.15) is 11.8 Å². The van der Waals surface area contributed by atoms with E-state index in [9.17, 15) is 14.7 Å². The number of hydrogen-bond donors (Lipinski definition) is 2. The second-order valence-corrected chi connectivity index (χ2v) is 6.27. The molecule has 1 fully saturated rings. The molecule has 0 aliphatic carbocycles. The van der Waals surface area contributed by atoms with Crippen LogP contribution in [0.15, 0.2) is 30.6 Å². The lowest BCUT2D eigenvalue weighted by atomic mass is 9.92. The second-order valence-electron chi connectivity index (χ2n) is 5.05. The van der Waals surface area contributed by atoms with Gasteiger partial charge in [0.25, 0.3) is 5.91 Å². The molecule has 0 atom stereocenters. The third-order valence-electron chi connectivity index (χ3n) is 3.71. The molecule has 1 aliphatic rings. The van der Waals surface area contributed by atoms with E-state index in [1.807, 2.05) is 12.1 Å². The molecule has 3 rings (SSSR count). The molecule has 3 heterocycles. The first-order chi connectivity index (χ1) is 10.1. The van der Waals surface area contributed by atoms with Crippen molar-refractivity contribution in [1.82, 2.24) is 14.7 Å². The van der Waals surface area contributed by atoms with Crippen molar-refractivity contribution in [1.29, 1.82) is 0 Å². The number of thioether (sulfide) groups is 1. The Labute approximate surface area is 125 Å². The van der Waals surface area contributed by atoms with Gasteiger partial charge >= 0.3 is 5.97 Å². The van der Waals surface area contributed by atoms with Crippen molar-refractivity contribution in [3.8, 4) is 0 Å². The van der Waals surface area contributed by atoms with Crippen LogP contribution >= 0.6 is 11.8 Å². The van der Waals surface area contributed by atoms with Gasteiger partial charge in [0.05, 0.1) is 0 Å². The predicted octanol–water partition coefficient (Wildman–Crippen LogP) is 1.41. The van der Waals surface area contributed by atoms with E-state index in [1.54, 1.807) is 34.6 Å². The van der Waals surface area contributed by atoms with Crippen molar-refractivity contribution in [3.05, 3.63) is 36.3 Å². The maximum atomic E-state index is 12.3. The van der Waals surface area contributed by atoms with Gasteiger partial charge in [0.2, 0.25) is 0 Å². The Kier molecular flexibility index (Phi) is 3.59. The Hall–Kier alpha value is -2.02. The van der Waals surface area contributed by atoms with Crippen LogP contribution in [0, 0.1) is 0 Å². The van der Waals surface area contributed by atoms with Crippen molar-refractivity contribution in [3.63, 3.8) is 0 Å². The summed E-state index contributed by atoms with van der Waals surface area (Å²) in [5, 5.41) is 12.2. The van der Waals surface area contributed by atoms with Crippen LogP contribution in [0.25, 0.3) is 5.65 Å². The SMILES string of the molecule is O=C(NC1(C(=O)O)CCSCC1)c1cn2ccccc2n1. The zero-order valence-electron chi connectivity index (χ0n) is 11.3. The highest BCUT2D eigenvalue weighted by molar-refractivity contribution is 7.99. The number of aromatic nitrogens is 2. The van der Waals surface area contributed by atoms with E-state index in [-0.39, 0.29) is 5.69 Å². The van der Waals surface area contributed by atoms with E-state index in [0.717, 1.165) is 11.5 Å². The Morgan fingerprint density at radius 3 is 2.76 bits per heavy atom. The van der Waals surface area contributed by atoms with Crippen LogP contribution in [0.4, 0.5) is 0 Å². The van der Waals surface area contributed by atoms with E-state index in [1.165, 1.54) is 0 Å². The number of carbonyl (C=O) groups excluding carboxylic acids is 1. The van der Waals surface area contributed by atoms with Gasteiger partial charge < -0.3 is 14.8 Å². The number of carbonyl (C=O) groups is 2. The minimum atomic E-state index is -1.17. The number of fused-ring (bicyclic) bond motifs is 1. The van der Waals surface area contributed by atoms with Crippen molar-refractivity contribution in [2.24, 2.45) is 0 Å². The molecule has 2 aromatic heterocycles. The lowest BCUT2D eigenvalue weighted by Crippen LogP contribution is -2.56. The highest BCUT2D eigenvalue weighted by Crippen LogP contribution is 2.27. The van der Waals surface area contributed by atoms with Gasteiger partial charge in [0, 0.05) is 12.4 Å². The molecule has 0 spiro atoms. The smallest absolute Gasteiger partial charge is 0.329 e. The van der Waals surface area contributed by atoms with Crippen LogP contribution in [0.1, 0.15) is 23.3 Å². The number of carboxylic acid groups (broad SMARTS) is 1. The van der Waals surface area contributed by atoms with Gasteiger partial charge in [-0.05, 0) is 36.5 Å². The first-order valence-corrected chi connectivity index (χ1v) is 7.84. The van der Waals surface area contributed by atoms with Gasteiger partial charge in [-0.25, -0.2) is 9.78 Å². The maximum absolute atomic E-state index is 12.3. The van der Waals surface area contributed by atoms with Crippen LogP contribution in [-0.2, 0) is 4.79 Å². The summed E-state index contributed by atoms with van der Waals surface area (Å²) in [5.74, 6) is 0.0584. The molecule has 1 aliphatic heterocycles. The Bertz CT molecular complexity index is 659. The molecule has 21 heavy (non-hydrogen) atoms. The summed E-state index contributed by atoms with van der Waals surface area (Å²) in [6, 6.07) is 5.47. The summed E-state index contributed by atoms with van der Waals surface area (Å²) in [6.45, 7) is 0. The van der Waals surface area contributed by atoms with Crippen molar-refractivity contribution < 1.29 is 14.7 Å². The fraction of sp³-hybridized carbons (Fsp3) is 0.357.